The molecule has 0 bridgehead atoms. The van der Waals surface area contributed by atoms with Gasteiger partial charge in [-0.2, -0.15) is 9.50 Å². The predicted octanol–water partition coefficient (Wildman–Crippen LogP) is 1.13. The van der Waals surface area contributed by atoms with Gasteiger partial charge in [-0.1, -0.05) is 6.42 Å². The molecule has 158 valence electrons. The highest BCUT2D eigenvalue weighted by atomic mass is 16.2. The molecule has 5 rings (SSSR count). The quantitative estimate of drug-likeness (QED) is 0.694. The third-order valence-electron chi connectivity index (χ3n) is 6.52. The summed E-state index contributed by atoms with van der Waals surface area (Å²) < 4.78 is 3.00. The lowest BCUT2D eigenvalue weighted by Crippen LogP contribution is -2.51. The van der Waals surface area contributed by atoms with Crippen LogP contribution >= 0.6 is 0 Å². The van der Waals surface area contributed by atoms with Gasteiger partial charge in [-0.25, -0.2) is 4.98 Å². The number of piperidine rings is 2. The fourth-order valence-electron chi connectivity index (χ4n) is 5.06. The lowest BCUT2D eigenvalue weighted by Gasteiger charge is -2.44. The van der Waals surface area contributed by atoms with E-state index in [9.17, 15) is 9.59 Å². The maximum atomic E-state index is 12.9. The Hall–Kier alpha value is -2.81. The number of aromatic nitrogens is 5. The van der Waals surface area contributed by atoms with Gasteiger partial charge in [0, 0.05) is 25.0 Å². The molecule has 1 amide bonds. The fraction of sp³-hybridized carbons (Fsp3) is 0.571. The summed E-state index contributed by atoms with van der Waals surface area (Å²) >= 11 is 0. The van der Waals surface area contributed by atoms with Crippen LogP contribution in [0.2, 0.25) is 0 Å². The van der Waals surface area contributed by atoms with E-state index in [1.807, 2.05) is 0 Å². The topological polar surface area (TPSA) is 97.4 Å². The minimum atomic E-state index is -0.249. The van der Waals surface area contributed by atoms with Crippen molar-refractivity contribution in [2.45, 2.75) is 51.6 Å². The maximum Gasteiger partial charge on any atom is 0.262 e. The molecular formula is C21H27N7O2. The van der Waals surface area contributed by atoms with Crippen molar-refractivity contribution in [3.8, 4) is 0 Å². The normalized spacial score (nSPS) is 22.3. The van der Waals surface area contributed by atoms with Gasteiger partial charge in [0.2, 0.25) is 5.91 Å². The van der Waals surface area contributed by atoms with Crippen molar-refractivity contribution in [3.63, 3.8) is 0 Å². The average Bonchev–Trinajstić information content (AvgIpc) is 3.14. The van der Waals surface area contributed by atoms with Crippen LogP contribution in [0.25, 0.3) is 16.7 Å². The molecule has 0 aromatic carbocycles. The van der Waals surface area contributed by atoms with Crippen molar-refractivity contribution in [2.24, 2.45) is 5.92 Å². The Balaban J connectivity index is 1.29. The Morgan fingerprint density at radius 2 is 2.10 bits per heavy atom. The van der Waals surface area contributed by atoms with Crippen LogP contribution in [0.4, 0.5) is 0 Å². The van der Waals surface area contributed by atoms with E-state index in [0.29, 0.717) is 41.0 Å². The minimum absolute atomic E-state index is 0.00426. The van der Waals surface area contributed by atoms with Gasteiger partial charge in [0.05, 0.1) is 10.9 Å². The van der Waals surface area contributed by atoms with Crippen molar-refractivity contribution >= 4 is 22.6 Å². The zero-order chi connectivity index (χ0) is 20.7. The van der Waals surface area contributed by atoms with E-state index in [0.717, 1.165) is 6.42 Å². The first-order chi connectivity index (χ1) is 14.6. The van der Waals surface area contributed by atoms with Crippen LogP contribution in [0.15, 0.2) is 23.3 Å². The number of pyridine rings is 1. The van der Waals surface area contributed by atoms with Gasteiger partial charge in [-0.05, 0) is 57.7 Å². The summed E-state index contributed by atoms with van der Waals surface area (Å²) in [6.45, 7) is 4.85. The number of nitrogens with zero attached hydrogens (tertiary/aromatic N) is 6. The second kappa shape index (κ2) is 7.79. The van der Waals surface area contributed by atoms with Gasteiger partial charge in [0.25, 0.3) is 11.3 Å². The molecule has 9 nitrogen and oxygen atoms in total. The van der Waals surface area contributed by atoms with Gasteiger partial charge < -0.3 is 14.8 Å². The molecule has 2 aliphatic rings. The van der Waals surface area contributed by atoms with Crippen molar-refractivity contribution in [1.82, 2.24) is 34.4 Å². The molecule has 2 aliphatic heterocycles. The van der Waals surface area contributed by atoms with E-state index in [2.05, 4.69) is 25.3 Å². The summed E-state index contributed by atoms with van der Waals surface area (Å²) in [7, 11) is 0. The second-order valence-electron chi connectivity index (χ2n) is 8.48. The maximum absolute atomic E-state index is 12.9. The molecule has 1 N–H and O–H groups in total. The SMILES string of the molecule is Cc1nc2ncc3c(=O)n(CC(=O)NCC4CCCN5CCCCC45)ccc3n2n1. The van der Waals surface area contributed by atoms with Crippen LogP contribution in [-0.4, -0.2) is 60.6 Å². The largest absolute Gasteiger partial charge is 0.354 e. The molecule has 2 saturated heterocycles. The van der Waals surface area contributed by atoms with Gasteiger partial charge in [0.15, 0.2) is 0 Å². The molecule has 30 heavy (non-hydrogen) atoms. The van der Waals surface area contributed by atoms with Crippen LogP contribution in [0.3, 0.4) is 0 Å². The van der Waals surface area contributed by atoms with E-state index in [4.69, 9.17) is 0 Å². The molecule has 9 heteroatoms. The Kier molecular flexibility index (Phi) is 4.98. The monoisotopic (exact) mass is 409 g/mol. The molecule has 2 atom stereocenters. The van der Waals surface area contributed by atoms with Crippen LogP contribution in [0.5, 0.6) is 0 Å². The summed E-state index contributed by atoms with van der Waals surface area (Å²) in [4.78, 5) is 36.5. The van der Waals surface area contributed by atoms with Crippen molar-refractivity contribution in [3.05, 3.63) is 34.6 Å². The summed E-state index contributed by atoms with van der Waals surface area (Å²) in [6, 6.07) is 2.38. The number of aryl methyl sites for hydroxylation is 1. The summed E-state index contributed by atoms with van der Waals surface area (Å²) in [5.74, 6) is 1.43. The van der Waals surface area contributed by atoms with Gasteiger partial charge >= 0.3 is 0 Å². The zero-order valence-electron chi connectivity index (χ0n) is 17.3. The summed E-state index contributed by atoms with van der Waals surface area (Å²) in [6.07, 6.45) is 9.31. The molecule has 0 aliphatic carbocycles. The van der Waals surface area contributed by atoms with Crippen LogP contribution in [0, 0.1) is 12.8 Å². The van der Waals surface area contributed by atoms with Crippen LogP contribution < -0.4 is 10.9 Å². The van der Waals surface area contributed by atoms with E-state index < -0.39 is 0 Å². The number of hydrogen-bond donors (Lipinski definition) is 1. The molecule has 2 unspecified atom stereocenters. The number of hydrogen-bond acceptors (Lipinski definition) is 6. The first kappa shape index (κ1) is 19.2. The van der Waals surface area contributed by atoms with Crippen molar-refractivity contribution in [1.29, 1.82) is 0 Å². The highest BCUT2D eigenvalue weighted by Gasteiger charge is 2.32. The third kappa shape index (κ3) is 3.47. The third-order valence-corrected chi connectivity index (χ3v) is 6.52. The lowest BCUT2D eigenvalue weighted by molar-refractivity contribution is -0.122. The highest BCUT2D eigenvalue weighted by molar-refractivity contribution is 5.80. The fourth-order valence-corrected chi connectivity index (χ4v) is 5.06. The van der Waals surface area contributed by atoms with Gasteiger partial charge in [-0.3, -0.25) is 9.59 Å². The summed E-state index contributed by atoms with van der Waals surface area (Å²) in [5, 5.41) is 7.80. The first-order valence-corrected chi connectivity index (χ1v) is 10.8. The Morgan fingerprint density at radius 1 is 1.23 bits per heavy atom. The standard InChI is InChI=1S/C21H27N7O2/c1-14-24-21-23-12-16-18(28(21)25-14)7-10-27(20(16)30)13-19(29)22-11-15-5-4-9-26-8-3-2-6-17(15)26/h7,10,12,15,17H,2-6,8-9,11,13H2,1H3,(H,22,29). The molecular weight excluding hydrogens is 382 g/mol. The van der Waals surface area contributed by atoms with Crippen LogP contribution in [-0.2, 0) is 11.3 Å². The van der Waals surface area contributed by atoms with Crippen LogP contribution in [0.1, 0.15) is 37.9 Å². The smallest absolute Gasteiger partial charge is 0.262 e. The first-order valence-electron chi connectivity index (χ1n) is 10.8. The molecule has 5 heterocycles. The highest BCUT2D eigenvalue weighted by Crippen LogP contribution is 2.30. The molecule has 3 aromatic rings. The van der Waals surface area contributed by atoms with Gasteiger partial charge in [0.1, 0.15) is 12.4 Å². The number of carbonyl (C=O) groups is 1. The van der Waals surface area contributed by atoms with Crippen molar-refractivity contribution < 1.29 is 4.79 Å². The van der Waals surface area contributed by atoms with E-state index in [-0.39, 0.29) is 18.0 Å². The number of rotatable bonds is 4. The predicted molar refractivity (Wildman–Crippen MR) is 112 cm³/mol. The zero-order valence-corrected chi connectivity index (χ0v) is 17.3. The number of amides is 1. The number of nitrogens with one attached hydrogen (secondary N) is 1. The number of fused-ring (bicyclic) bond motifs is 4. The molecule has 0 radical (unpaired) electrons. The molecule has 2 fully saturated rings. The molecule has 0 spiro atoms. The van der Waals surface area contributed by atoms with E-state index in [1.165, 1.54) is 49.5 Å². The Bertz CT molecular complexity index is 1150. The number of carbonyl (C=O) groups excluding carboxylic acids is 1. The Morgan fingerprint density at radius 3 is 3.00 bits per heavy atom. The minimum Gasteiger partial charge on any atom is -0.354 e. The summed E-state index contributed by atoms with van der Waals surface area (Å²) in [5.41, 5.74) is 0.392. The van der Waals surface area contributed by atoms with Crippen molar-refractivity contribution in [2.75, 3.05) is 19.6 Å². The van der Waals surface area contributed by atoms with E-state index >= 15 is 0 Å². The second-order valence-corrected chi connectivity index (χ2v) is 8.48. The molecule has 0 saturated carbocycles. The lowest BCUT2D eigenvalue weighted by atomic mass is 9.83. The Labute approximate surface area is 174 Å². The average molecular weight is 409 g/mol. The van der Waals surface area contributed by atoms with Gasteiger partial charge in [-0.15, -0.1) is 5.10 Å². The van der Waals surface area contributed by atoms with E-state index in [1.54, 1.807) is 23.7 Å². The molecule has 3 aromatic heterocycles.